The topological polar surface area (TPSA) is 78.8 Å². The number of ether oxygens (including phenoxy) is 1. The van der Waals surface area contributed by atoms with Gasteiger partial charge in [0.05, 0.1) is 13.7 Å². The molecule has 0 saturated heterocycles. The summed E-state index contributed by atoms with van der Waals surface area (Å²) in [5, 5.41) is 21.8. The van der Waals surface area contributed by atoms with Gasteiger partial charge in [0.25, 0.3) is 0 Å². The molecular weight excluding hydrogens is 210 g/mol. The second-order valence-electron chi connectivity index (χ2n) is 4.66. The van der Waals surface area contributed by atoms with Gasteiger partial charge in [0, 0.05) is 12.6 Å². The van der Waals surface area contributed by atoms with E-state index in [9.17, 15) is 9.90 Å². The van der Waals surface area contributed by atoms with E-state index in [0.717, 1.165) is 6.42 Å². The number of carbonyl (C=O) groups is 1. The summed E-state index contributed by atoms with van der Waals surface area (Å²) in [7, 11) is 1.23. The molecule has 16 heavy (non-hydrogen) atoms. The van der Waals surface area contributed by atoms with Gasteiger partial charge in [0.15, 0.2) is 5.60 Å². The predicted octanol–water partition coefficient (Wildman–Crippen LogP) is -0.0930. The number of methoxy groups -OCH3 is 1. The first-order chi connectivity index (χ1) is 7.33. The number of esters is 1. The Hall–Kier alpha value is -0.650. The highest BCUT2D eigenvalue weighted by Crippen LogP contribution is 2.08. The normalized spacial score (nSPS) is 16.9. The lowest BCUT2D eigenvalue weighted by Gasteiger charge is -2.25. The van der Waals surface area contributed by atoms with Crippen LogP contribution < -0.4 is 5.32 Å². The molecule has 0 heterocycles. The van der Waals surface area contributed by atoms with Gasteiger partial charge < -0.3 is 20.3 Å². The van der Waals surface area contributed by atoms with Crippen LogP contribution in [0.4, 0.5) is 0 Å². The van der Waals surface area contributed by atoms with E-state index in [4.69, 9.17) is 5.11 Å². The standard InChI is InChI=1S/C11H23NO4/c1-8(2)5-9(6-13)12-7-11(3,15)10(14)16-4/h8-9,12-13,15H,5-7H2,1-4H3. The van der Waals surface area contributed by atoms with Crippen molar-refractivity contribution in [3.05, 3.63) is 0 Å². The third-order valence-electron chi connectivity index (χ3n) is 2.34. The Morgan fingerprint density at radius 1 is 1.50 bits per heavy atom. The van der Waals surface area contributed by atoms with Gasteiger partial charge in [-0.25, -0.2) is 4.79 Å². The SMILES string of the molecule is COC(=O)C(C)(O)CNC(CO)CC(C)C. The molecule has 96 valence electrons. The fourth-order valence-electron chi connectivity index (χ4n) is 1.43. The van der Waals surface area contributed by atoms with E-state index in [1.54, 1.807) is 0 Å². The highest BCUT2D eigenvalue weighted by molar-refractivity contribution is 5.78. The number of aliphatic hydroxyl groups is 2. The first kappa shape index (κ1) is 15.3. The van der Waals surface area contributed by atoms with Crippen LogP contribution in [-0.2, 0) is 9.53 Å². The van der Waals surface area contributed by atoms with E-state index in [0.29, 0.717) is 5.92 Å². The summed E-state index contributed by atoms with van der Waals surface area (Å²) < 4.78 is 4.47. The Bertz CT molecular complexity index is 216. The lowest BCUT2D eigenvalue weighted by atomic mass is 10.0. The average molecular weight is 233 g/mol. The van der Waals surface area contributed by atoms with E-state index in [2.05, 4.69) is 10.1 Å². The summed E-state index contributed by atoms with van der Waals surface area (Å²) in [5.41, 5.74) is -1.56. The maximum Gasteiger partial charge on any atom is 0.338 e. The molecule has 0 fully saturated rings. The molecule has 0 aliphatic rings. The Morgan fingerprint density at radius 2 is 2.06 bits per heavy atom. The summed E-state index contributed by atoms with van der Waals surface area (Å²) in [6.07, 6.45) is 0.785. The van der Waals surface area contributed by atoms with Crippen LogP contribution in [-0.4, -0.2) is 48.1 Å². The monoisotopic (exact) mass is 233 g/mol. The van der Waals surface area contributed by atoms with Crippen molar-refractivity contribution in [3.63, 3.8) is 0 Å². The zero-order valence-electron chi connectivity index (χ0n) is 10.5. The molecule has 0 aromatic rings. The molecule has 0 rings (SSSR count). The van der Waals surface area contributed by atoms with Crippen LogP contribution in [0.2, 0.25) is 0 Å². The van der Waals surface area contributed by atoms with Gasteiger partial charge in [0.1, 0.15) is 0 Å². The number of carbonyl (C=O) groups excluding carboxylic acids is 1. The minimum absolute atomic E-state index is 0.0184. The van der Waals surface area contributed by atoms with Crippen LogP contribution in [0.3, 0.4) is 0 Å². The number of hydrogen-bond donors (Lipinski definition) is 3. The van der Waals surface area contributed by atoms with Crippen molar-refractivity contribution in [2.24, 2.45) is 5.92 Å². The molecule has 2 unspecified atom stereocenters. The summed E-state index contributed by atoms with van der Waals surface area (Å²) in [6.45, 7) is 5.52. The van der Waals surface area contributed by atoms with Gasteiger partial charge in [-0.15, -0.1) is 0 Å². The lowest BCUT2D eigenvalue weighted by Crippen LogP contribution is -2.49. The molecule has 0 spiro atoms. The van der Waals surface area contributed by atoms with E-state index in [1.807, 2.05) is 13.8 Å². The fraction of sp³-hybridized carbons (Fsp3) is 0.909. The van der Waals surface area contributed by atoms with Crippen LogP contribution in [0.5, 0.6) is 0 Å². The molecule has 0 aliphatic heterocycles. The second kappa shape index (κ2) is 6.83. The molecule has 0 aliphatic carbocycles. The van der Waals surface area contributed by atoms with Gasteiger partial charge in [0.2, 0.25) is 0 Å². The fourth-order valence-corrected chi connectivity index (χ4v) is 1.43. The highest BCUT2D eigenvalue weighted by Gasteiger charge is 2.31. The highest BCUT2D eigenvalue weighted by atomic mass is 16.5. The van der Waals surface area contributed by atoms with E-state index in [-0.39, 0.29) is 19.2 Å². The van der Waals surface area contributed by atoms with Gasteiger partial charge >= 0.3 is 5.97 Å². The average Bonchev–Trinajstić information content (AvgIpc) is 2.22. The Labute approximate surface area is 96.8 Å². The largest absolute Gasteiger partial charge is 0.467 e. The number of rotatable bonds is 7. The van der Waals surface area contributed by atoms with Crippen molar-refractivity contribution in [3.8, 4) is 0 Å². The zero-order chi connectivity index (χ0) is 12.8. The lowest BCUT2D eigenvalue weighted by molar-refractivity contribution is -0.160. The van der Waals surface area contributed by atoms with Crippen molar-refractivity contribution in [1.82, 2.24) is 5.32 Å². The van der Waals surface area contributed by atoms with Crippen LogP contribution in [0.1, 0.15) is 27.2 Å². The second-order valence-corrected chi connectivity index (χ2v) is 4.66. The molecule has 0 bridgehead atoms. The third kappa shape index (κ3) is 5.44. The summed E-state index contributed by atoms with van der Waals surface area (Å²) in [6, 6.07) is -0.115. The van der Waals surface area contributed by atoms with Crippen molar-refractivity contribution >= 4 is 5.97 Å². The minimum atomic E-state index is -1.56. The molecule has 5 heteroatoms. The quantitative estimate of drug-likeness (QED) is 0.535. The Morgan fingerprint density at radius 3 is 2.44 bits per heavy atom. The molecule has 2 atom stereocenters. The number of nitrogens with one attached hydrogen (secondary N) is 1. The molecule has 3 N–H and O–H groups in total. The Kier molecular flexibility index (Phi) is 6.55. The van der Waals surface area contributed by atoms with Crippen molar-refractivity contribution < 1.29 is 19.7 Å². The van der Waals surface area contributed by atoms with Gasteiger partial charge in [-0.1, -0.05) is 13.8 Å². The van der Waals surface area contributed by atoms with Gasteiger partial charge in [-0.3, -0.25) is 0 Å². The van der Waals surface area contributed by atoms with Crippen LogP contribution in [0.15, 0.2) is 0 Å². The van der Waals surface area contributed by atoms with Crippen molar-refractivity contribution in [2.45, 2.75) is 38.8 Å². The predicted molar refractivity (Wildman–Crippen MR) is 61.0 cm³/mol. The van der Waals surface area contributed by atoms with Crippen LogP contribution in [0.25, 0.3) is 0 Å². The summed E-state index contributed by atoms with van der Waals surface area (Å²) in [4.78, 5) is 11.2. The Balaban J connectivity index is 4.14. The van der Waals surface area contributed by atoms with Gasteiger partial charge in [-0.2, -0.15) is 0 Å². The molecule has 0 amide bonds. The van der Waals surface area contributed by atoms with Gasteiger partial charge in [-0.05, 0) is 19.3 Å². The summed E-state index contributed by atoms with van der Waals surface area (Å²) in [5.74, 6) is -0.242. The third-order valence-corrected chi connectivity index (χ3v) is 2.34. The molecule has 0 aromatic carbocycles. The first-order valence-electron chi connectivity index (χ1n) is 5.48. The molecule has 0 aromatic heterocycles. The van der Waals surface area contributed by atoms with Crippen molar-refractivity contribution in [1.29, 1.82) is 0 Å². The summed E-state index contributed by atoms with van der Waals surface area (Å²) >= 11 is 0. The van der Waals surface area contributed by atoms with Crippen molar-refractivity contribution in [2.75, 3.05) is 20.3 Å². The van der Waals surface area contributed by atoms with E-state index in [1.165, 1.54) is 14.0 Å². The molecule has 0 saturated carbocycles. The minimum Gasteiger partial charge on any atom is -0.467 e. The number of aliphatic hydroxyl groups excluding tert-OH is 1. The smallest absolute Gasteiger partial charge is 0.338 e. The van der Waals surface area contributed by atoms with Crippen LogP contribution >= 0.6 is 0 Å². The van der Waals surface area contributed by atoms with Crippen LogP contribution in [0, 0.1) is 5.92 Å². The van der Waals surface area contributed by atoms with E-state index < -0.39 is 11.6 Å². The molecule has 5 nitrogen and oxygen atoms in total. The molecule has 0 radical (unpaired) electrons. The first-order valence-corrected chi connectivity index (χ1v) is 5.48. The zero-order valence-corrected chi connectivity index (χ0v) is 10.5. The van der Waals surface area contributed by atoms with E-state index >= 15 is 0 Å². The molecular formula is C11H23NO4. The maximum atomic E-state index is 11.2. The maximum absolute atomic E-state index is 11.2. The number of hydrogen-bond acceptors (Lipinski definition) is 5.